The number of hydrogen-bond acceptors (Lipinski definition) is 5. The summed E-state index contributed by atoms with van der Waals surface area (Å²) < 4.78 is 32.8. The lowest BCUT2D eigenvalue weighted by atomic mass is 10.1. The molecule has 0 heterocycles. The molecule has 0 saturated heterocycles. The average molecular weight is 287 g/mol. The number of ether oxygens (including phenoxy) is 2. The first kappa shape index (κ1) is 15.8. The van der Waals surface area contributed by atoms with Crippen LogP contribution in [0.2, 0.25) is 0 Å². The largest absolute Gasteiger partial charge is 0.497 e. The molecule has 0 spiro atoms. The molecule has 0 amide bonds. The Morgan fingerprint density at radius 2 is 2.05 bits per heavy atom. The summed E-state index contributed by atoms with van der Waals surface area (Å²) in [5, 5.41) is 0. The summed E-state index contributed by atoms with van der Waals surface area (Å²) in [6, 6.07) is 5.48. The van der Waals surface area contributed by atoms with Crippen LogP contribution in [0.3, 0.4) is 0 Å². The highest BCUT2D eigenvalue weighted by atomic mass is 32.2. The molecule has 2 N–H and O–H groups in total. The molecule has 0 aromatic heterocycles. The van der Waals surface area contributed by atoms with Gasteiger partial charge in [0.2, 0.25) is 0 Å². The number of rotatable bonds is 7. The molecule has 108 valence electrons. The molecule has 0 radical (unpaired) electrons. The van der Waals surface area contributed by atoms with Crippen molar-refractivity contribution in [3.05, 3.63) is 23.8 Å². The van der Waals surface area contributed by atoms with E-state index in [9.17, 15) is 8.42 Å². The molecule has 0 fully saturated rings. The molecule has 0 aliphatic carbocycles. The Balaban J connectivity index is 2.82. The highest BCUT2D eigenvalue weighted by Gasteiger charge is 2.09. The van der Waals surface area contributed by atoms with E-state index in [0.717, 1.165) is 5.56 Å². The number of benzene rings is 1. The van der Waals surface area contributed by atoms with Crippen LogP contribution in [0.5, 0.6) is 11.5 Å². The average Bonchev–Trinajstić information content (AvgIpc) is 2.29. The lowest BCUT2D eigenvalue weighted by Crippen LogP contribution is -2.19. The highest BCUT2D eigenvalue weighted by Crippen LogP contribution is 2.25. The van der Waals surface area contributed by atoms with E-state index in [1.54, 1.807) is 13.2 Å². The van der Waals surface area contributed by atoms with Crippen LogP contribution in [0.15, 0.2) is 18.2 Å². The van der Waals surface area contributed by atoms with E-state index < -0.39 is 9.84 Å². The number of hydrogen-bond donors (Lipinski definition) is 1. The van der Waals surface area contributed by atoms with E-state index in [1.807, 2.05) is 19.1 Å². The van der Waals surface area contributed by atoms with Crippen molar-refractivity contribution in [2.45, 2.75) is 19.4 Å². The van der Waals surface area contributed by atoms with Gasteiger partial charge in [-0.25, -0.2) is 8.42 Å². The van der Waals surface area contributed by atoms with E-state index in [4.69, 9.17) is 15.2 Å². The zero-order chi connectivity index (χ0) is 14.5. The fourth-order valence-electron chi connectivity index (χ4n) is 1.61. The molecule has 19 heavy (non-hydrogen) atoms. The minimum atomic E-state index is -3.03. The van der Waals surface area contributed by atoms with Crippen LogP contribution >= 0.6 is 0 Å². The molecule has 1 rings (SSSR count). The van der Waals surface area contributed by atoms with Gasteiger partial charge in [0.05, 0.1) is 12.9 Å². The Hall–Kier alpha value is -1.27. The van der Waals surface area contributed by atoms with Gasteiger partial charge in [0.1, 0.15) is 18.1 Å². The van der Waals surface area contributed by atoms with Gasteiger partial charge in [0.25, 0.3) is 0 Å². The molecule has 0 aliphatic rings. The quantitative estimate of drug-likeness (QED) is 0.809. The molecule has 1 unspecified atom stereocenters. The summed E-state index contributed by atoms with van der Waals surface area (Å²) in [7, 11) is -1.46. The van der Waals surface area contributed by atoms with Crippen molar-refractivity contribution in [3.8, 4) is 11.5 Å². The van der Waals surface area contributed by atoms with Crippen molar-refractivity contribution < 1.29 is 17.9 Å². The van der Waals surface area contributed by atoms with E-state index in [0.29, 0.717) is 17.9 Å². The highest BCUT2D eigenvalue weighted by molar-refractivity contribution is 7.90. The molecule has 6 heteroatoms. The SMILES string of the molecule is COc1ccc(CC(C)N)c(OCCS(C)(=O)=O)c1. The zero-order valence-electron chi connectivity index (χ0n) is 11.5. The van der Waals surface area contributed by atoms with Gasteiger partial charge < -0.3 is 15.2 Å². The lowest BCUT2D eigenvalue weighted by molar-refractivity contribution is 0.332. The predicted molar refractivity (Wildman–Crippen MR) is 75.6 cm³/mol. The van der Waals surface area contributed by atoms with Crippen LogP contribution in [-0.2, 0) is 16.3 Å². The summed E-state index contributed by atoms with van der Waals surface area (Å²) in [6.45, 7) is 2.03. The third-order valence-electron chi connectivity index (χ3n) is 2.53. The van der Waals surface area contributed by atoms with Crippen molar-refractivity contribution in [1.29, 1.82) is 0 Å². The van der Waals surface area contributed by atoms with Gasteiger partial charge in [-0.15, -0.1) is 0 Å². The molecule has 5 nitrogen and oxygen atoms in total. The maximum Gasteiger partial charge on any atom is 0.150 e. The lowest BCUT2D eigenvalue weighted by Gasteiger charge is -2.14. The monoisotopic (exact) mass is 287 g/mol. The summed E-state index contributed by atoms with van der Waals surface area (Å²) in [5.41, 5.74) is 6.73. The summed E-state index contributed by atoms with van der Waals surface area (Å²) >= 11 is 0. The van der Waals surface area contributed by atoms with Gasteiger partial charge in [0.15, 0.2) is 9.84 Å². The molecule has 0 bridgehead atoms. The minimum Gasteiger partial charge on any atom is -0.497 e. The standard InChI is InChI=1S/C13H21NO4S/c1-10(14)8-11-4-5-12(17-2)9-13(11)18-6-7-19(3,15)16/h4-5,9-10H,6-8,14H2,1-3H3. The summed E-state index contributed by atoms with van der Waals surface area (Å²) in [5.74, 6) is 1.28. The van der Waals surface area contributed by atoms with Crippen LogP contribution in [0.1, 0.15) is 12.5 Å². The fourth-order valence-corrected chi connectivity index (χ4v) is 2.00. The first-order chi connectivity index (χ1) is 8.81. The van der Waals surface area contributed by atoms with E-state index in [-0.39, 0.29) is 18.4 Å². The Morgan fingerprint density at radius 3 is 2.58 bits per heavy atom. The maximum absolute atomic E-state index is 11.1. The molecular weight excluding hydrogens is 266 g/mol. The molecule has 0 saturated carbocycles. The minimum absolute atomic E-state index is 0.00523. The van der Waals surface area contributed by atoms with Crippen LogP contribution < -0.4 is 15.2 Å². The van der Waals surface area contributed by atoms with E-state index in [1.165, 1.54) is 6.26 Å². The van der Waals surface area contributed by atoms with E-state index in [2.05, 4.69) is 0 Å². The van der Waals surface area contributed by atoms with Gasteiger partial charge >= 0.3 is 0 Å². The number of methoxy groups -OCH3 is 1. The second kappa shape index (κ2) is 6.77. The van der Waals surface area contributed by atoms with Crippen molar-refractivity contribution in [1.82, 2.24) is 0 Å². The van der Waals surface area contributed by atoms with Crippen molar-refractivity contribution in [2.24, 2.45) is 5.73 Å². The van der Waals surface area contributed by atoms with Crippen LogP contribution in [0.4, 0.5) is 0 Å². The topological polar surface area (TPSA) is 78.6 Å². The maximum atomic E-state index is 11.1. The predicted octanol–water partition coefficient (Wildman–Crippen LogP) is 1.01. The van der Waals surface area contributed by atoms with Gasteiger partial charge in [-0.1, -0.05) is 6.07 Å². The Morgan fingerprint density at radius 1 is 1.37 bits per heavy atom. The molecular formula is C13H21NO4S. The number of sulfone groups is 1. The Bertz CT molecular complexity index is 511. The Kier molecular flexibility index (Phi) is 5.62. The van der Waals surface area contributed by atoms with Crippen molar-refractivity contribution in [3.63, 3.8) is 0 Å². The van der Waals surface area contributed by atoms with Gasteiger partial charge in [-0.3, -0.25) is 0 Å². The molecule has 1 aromatic rings. The van der Waals surface area contributed by atoms with Crippen LogP contribution in [-0.4, -0.2) is 40.2 Å². The second-order valence-corrected chi connectivity index (χ2v) is 6.89. The third-order valence-corrected chi connectivity index (χ3v) is 3.44. The number of nitrogens with two attached hydrogens (primary N) is 1. The molecule has 1 atom stereocenters. The Labute approximate surface area is 114 Å². The van der Waals surface area contributed by atoms with Crippen molar-refractivity contribution >= 4 is 9.84 Å². The summed E-state index contributed by atoms with van der Waals surface area (Å²) in [6.07, 6.45) is 1.85. The van der Waals surface area contributed by atoms with E-state index >= 15 is 0 Å². The van der Waals surface area contributed by atoms with Gasteiger partial charge in [-0.05, 0) is 25.0 Å². The van der Waals surface area contributed by atoms with Crippen LogP contribution in [0.25, 0.3) is 0 Å². The molecule has 0 aliphatic heterocycles. The normalized spacial score (nSPS) is 13.1. The van der Waals surface area contributed by atoms with Gasteiger partial charge in [-0.2, -0.15) is 0 Å². The first-order valence-corrected chi connectivity index (χ1v) is 8.11. The van der Waals surface area contributed by atoms with Crippen LogP contribution in [0, 0.1) is 0 Å². The fraction of sp³-hybridized carbons (Fsp3) is 0.538. The van der Waals surface area contributed by atoms with Crippen molar-refractivity contribution in [2.75, 3.05) is 25.7 Å². The van der Waals surface area contributed by atoms with Gasteiger partial charge in [0, 0.05) is 18.4 Å². The first-order valence-electron chi connectivity index (χ1n) is 6.05. The zero-order valence-corrected chi connectivity index (χ0v) is 12.4. The second-order valence-electron chi connectivity index (χ2n) is 4.63. The molecule has 1 aromatic carbocycles. The summed E-state index contributed by atoms with van der Waals surface area (Å²) in [4.78, 5) is 0. The third kappa shape index (κ3) is 5.94. The smallest absolute Gasteiger partial charge is 0.150 e.